The van der Waals surface area contributed by atoms with Gasteiger partial charge >= 0.3 is 5.97 Å². The van der Waals surface area contributed by atoms with E-state index < -0.39 is 11.7 Å². The second-order valence-electron chi connectivity index (χ2n) is 7.00. The first-order valence-corrected chi connectivity index (χ1v) is 11.6. The monoisotopic (exact) mass is 492 g/mol. The molecule has 10 heteroatoms. The second kappa shape index (κ2) is 13.4. The average Bonchev–Trinajstić information content (AvgIpc) is 2.86. The van der Waals surface area contributed by atoms with E-state index in [0.29, 0.717) is 29.1 Å². The topological polar surface area (TPSA) is 158 Å². The molecule has 0 spiro atoms. The van der Waals surface area contributed by atoms with Crippen molar-refractivity contribution in [1.29, 1.82) is 0 Å². The minimum Gasteiger partial charge on any atom is -0.506 e. The molecule has 0 radical (unpaired) electrons. The highest BCUT2D eigenvalue weighted by atomic mass is 16.5. The SMILES string of the molecule is CC.CCOC(=O)C(C(N)=NC(N)=Nc1nc(C)c2cc(OCC)ccc2n1)=C(O)c1ccccc1. The van der Waals surface area contributed by atoms with E-state index in [1.54, 1.807) is 49.4 Å². The van der Waals surface area contributed by atoms with E-state index in [1.807, 2.05) is 33.8 Å². The van der Waals surface area contributed by atoms with E-state index in [1.165, 1.54) is 0 Å². The van der Waals surface area contributed by atoms with Crippen LogP contribution in [-0.4, -0.2) is 46.1 Å². The maximum absolute atomic E-state index is 12.5. The van der Waals surface area contributed by atoms with Crippen LogP contribution >= 0.6 is 0 Å². The smallest absolute Gasteiger partial charge is 0.345 e. The Kier molecular flexibility index (Phi) is 10.4. The van der Waals surface area contributed by atoms with E-state index in [-0.39, 0.29) is 29.9 Å². The van der Waals surface area contributed by atoms with Crippen LogP contribution in [0.3, 0.4) is 0 Å². The predicted molar refractivity (Wildman–Crippen MR) is 142 cm³/mol. The summed E-state index contributed by atoms with van der Waals surface area (Å²) in [6.07, 6.45) is 0. The number of esters is 1. The summed E-state index contributed by atoms with van der Waals surface area (Å²) in [5, 5.41) is 11.5. The summed E-state index contributed by atoms with van der Waals surface area (Å²) in [5.74, 6) is -1.12. The number of nitrogens with two attached hydrogens (primary N) is 2. The highest BCUT2D eigenvalue weighted by Gasteiger charge is 2.22. The molecule has 0 unspecified atom stereocenters. The molecule has 0 saturated heterocycles. The number of carbonyl (C=O) groups excluding carboxylic acids is 1. The number of aromatic nitrogens is 2. The minimum atomic E-state index is -0.846. The van der Waals surface area contributed by atoms with Gasteiger partial charge in [-0.25, -0.2) is 14.8 Å². The van der Waals surface area contributed by atoms with Gasteiger partial charge in [0.05, 0.1) is 24.4 Å². The lowest BCUT2D eigenvalue weighted by Gasteiger charge is -2.10. The molecule has 0 aliphatic rings. The number of aryl methyl sites for hydroxylation is 1. The van der Waals surface area contributed by atoms with Crippen molar-refractivity contribution in [2.45, 2.75) is 34.6 Å². The van der Waals surface area contributed by atoms with Gasteiger partial charge < -0.3 is 26.0 Å². The quantitative estimate of drug-likeness (QED) is 0.145. The van der Waals surface area contributed by atoms with Crippen molar-refractivity contribution in [3.63, 3.8) is 0 Å². The average molecular weight is 493 g/mol. The number of aliphatic imine (C=N–C) groups is 2. The zero-order valence-electron chi connectivity index (χ0n) is 21.1. The summed E-state index contributed by atoms with van der Waals surface area (Å²) in [4.78, 5) is 29.3. The Morgan fingerprint density at radius 1 is 1.03 bits per heavy atom. The molecule has 1 aromatic heterocycles. The first-order valence-electron chi connectivity index (χ1n) is 11.6. The summed E-state index contributed by atoms with van der Waals surface area (Å²) in [6, 6.07) is 13.8. The van der Waals surface area contributed by atoms with Gasteiger partial charge in [0.2, 0.25) is 5.96 Å². The van der Waals surface area contributed by atoms with Crippen LogP contribution in [0.2, 0.25) is 0 Å². The van der Waals surface area contributed by atoms with Gasteiger partial charge in [0.15, 0.2) is 0 Å². The molecule has 0 bridgehead atoms. The number of hydrogen-bond donors (Lipinski definition) is 3. The number of hydrogen-bond acceptors (Lipinski definition) is 7. The molecule has 10 nitrogen and oxygen atoms in total. The third kappa shape index (κ3) is 7.02. The number of aliphatic hydroxyl groups is 1. The summed E-state index contributed by atoms with van der Waals surface area (Å²) in [7, 11) is 0. The molecule has 5 N–H and O–H groups in total. The van der Waals surface area contributed by atoms with E-state index >= 15 is 0 Å². The number of aliphatic hydroxyl groups excluding tert-OH is 1. The van der Waals surface area contributed by atoms with Crippen molar-refractivity contribution in [3.05, 3.63) is 65.4 Å². The number of rotatable bonds is 7. The van der Waals surface area contributed by atoms with Crippen molar-refractivity contribution >= 4 is 40.4 Å². The fourth-order valence-electron chi connectivity index (χ4n) is 3.12. The molecule has 0 amide bonds. The van der Waals surface area contributed by atoms with Crippen LogP contribution in [0, 0.1) is 6.92 Å². The zero-order valence-corrected chi connectivity index (χ0v) is 21.1. The molecule has 3 aromatic rings. The third-order valence-electron chi connectivity index (χ3n) is 4.63. The number of carbonyl (C=O) groups is 1. The second-order valence-corrected chi connectivity index (χ2v) is 7.00. The molecular weight excluding hydrogens is 460 g/mol. The van der Waals surface area contributed by atoms with Crippen LogP contribution in [0.25, 0.3) is 16.7 Å². The molecule has 0 saturated carbocycles. The number of amidine groups is 1. The van der Waals surface area contributed by atoms with Crippen LogP contribution in [-0.2, 0) is 9.53 Å². The maximum Gasteiger partial charge on any atom is 0.345 e. The number of guanidine groups is 1. The predicted octanol–water partition coefficient (Wildman–Crippen LogP) is 4.20. The Balaban J connectivity index is 0.00000222. The first-order chi connectivity index (χ1) is 17.3. The van der Waals surface area contributed by atoms with E-state index in [2.05, 4.69) is 20.0 Å². The molecule has 36 heavy (non-hydrogen) atoms. The van der Waals surface area contributed by atoms with Crippen LogP contribution in [0.4, 0.5) is 5.95 Å². The number of nitrogens with zero attached hydrogens (tertiary/aromatic N) is 4. The van der Waals surface area contributed by atoms with Gasteiger partial charge in [0.25, 0.3) is 5.95 Å². The maximum atomic E-state index is 12.5. The first kappa shape index (κ1) is 27.8. The van der Waals surface area contributed by atoms with Gasteiger partial charge in [-0.1, -0.05) is 44.2 Å². The van der Waals surface area contributed by atoms with Gasteiger partial charge in [-0.3, -0.25) is 0 Å². The largest absolute Gasteiger partial charge is 0.506 e. The number of benzene rings is 2. The van der Waals surface area contributed by atoms with Gasteiger partial charge in [0, 0.05) is 10.9 Å². The molecule has 0 aliphatic carbocycles. The number of ether oxygens (including phenoxy) is 2. The highest BCUT2D eigenvalue weighted by Crippen LogP contribution is 2.24. The van der Waals surface area contributed by atoms with Crippen molar-refractivity contribution in [2.24, 2.45) is 21.5 Å². The van der Waals surface area contributed by atoms with Crippen LogP contribution in [0.5, 0.6) is 5.75 Å². The van der Waals surface area contributed by atoms with Gasteiger partial charge in [-0.2, -0.15) is 9.98 Å². The highest BCUT2D eigenvalue weighted by molar-refractivity contribution is 6.24. The lowest BCUT2D eigenvalue weighted by atomic mass is 10.1. The molecule has 1 heterocycles. The van der Waals surface area contributed by atoms with E-state index in [9.17, 15) is 9.90 Å². The summed E-state index contributed by atoms with van der Waals surface area (Å²) in [6.45, 7) is 9.98. The van der Waals surface area contributed by atoms with E-state index in [0.717, 1.165) is 5.39 Å². The third-order valence-corrected chi connectivity index (χ3v) is 4.63. The Labute approximate surface area is 210 Å². The zero-order chi connectivity index (χ0) is 26.7. The fraction of sp³-hybridized carbons (Fsp3) is 0.269. The van der Waals surface area contributed by atoms with Crippen molar-refractivity contribution in [3.8, 4) is 5.75 Å². The van der Waals surface area contributed by atoms with Crippen LogP contribution in [0.1, 0.15) is 39.0 Å². The lowest BCUT2D eigenvalue weighted by Crippen LogP contribution is -2.27. The van der Waals surface area contributed by atoms with Crippen molar-refractivity contribution in [1.82, 2.24) is 9.97 Å². The molecule has 3 rings (SSSR count). The van der Waals surface area contributed by atoms with Gasteiger partial charge in [-0.05, 0) is 39.0 Å². The van der Waals surface area contributed by atoms with Gasteiger partial charge in [-0.15, -0.1) is 0 Å². The Morgan fingerprint density at radius 3 is 2.36 bits per heavy atom. The molecule has 0 atom stereocenters. The fourth-order valence-corrected chi connectivity index (χ4v) is 3.12. The Bertz CT molecular complexity index is 1290. The van der Waals surface area contributed by atoms with Crippen molar-refractivity contribution < 1.29 is 19.4 Å². The standard InChI is InChI=1S/C24H26N6O4.C2H6/c1-4-33-16-11-12-18-17(13-16)14(3)27-24(28-18)30-23(26)29-21(25)19(22(32)34-5-2)20(31)15-9-7-6-8-10-15;1-2/h6-13,31H,4-5H2,1-3H3,(H4,25,26,27,28,29,30);1-2H3. The Morgan fingerprint density at radius 2 is 1.72 bits per heavy atom. The summed E-state index contributed by atoms with van der Waals surface area (Å²) < 4.78 is 10.5. The molecule has 190 valence electrons. The molecule has 0 fully saturated rings. The van der Waals surface area contributed by atoms with Crippen LogP contribution < -0.4 is 16.2 Å². The summed E-state index contributed by atoms with van der Waals surface area (Å²) >= 11 is 0. The van der Waals surface area contributed by atoms with Crippen molar-refractivity contribution in [2.75, 3.05) is 13.2 Å². The minimum absolute atomic E-state index is 0.0668. The number of fused-ring (bicyclic) bond motifs is 1. The normalized spacial score (nSPS) is 12.4. The van der Waals surface area contributed by atoms with Gasteiger partial charge in [0.1, 0.15) is 22.9 Å². The molecule has 2 aromatic carbocycles. The van der Waals surface area contributed by atoms with E-state index in [4.69, 9.17) is 20.9 Å². The molecular formula is C26H32N6O4. The van der Waals surface area contributed by atoms with Crippen LogP contribution in [0.15, 0.2) is 64.1 Å². The summed E-state index contributed by atoms with van der Waals surface area (Å²) in [5.41, 5.74) is 13.3. The Hall–Kier alpha value is -4.47. The molecule has 0 aliphatic heterocycles. The lowest BCUT2D eigenvalue weighted by molar-refractivity contribution is -0.137.